The van der Waals surface area contributed by atoms with Gasteiger partial charge in [-0.2, -0.15) is 18.7 Å². The van der Waals surface area contributed by atoms with Gasteiger partial charge in [0.15, 0.2) is 5.82 Å². The van der Waals surface area contributed by atoms with Gasteiger partial charge < -0.3 is 15.2 Å². The van der Waals surface area contributed by atoms with Gasteiger partial charge in [0.05, 0.1) is 16.5 Å². The van der Waals surface area contributed by atoms with Crippen LogP contribution in [0, 0.1) is 24.0 Å². The summed E-state index contributed by atoms with van der Waals surface area (Å²) in [6.07, 6.45) is 11.5. The van der Waals surface area contributed by atoms with Gasteiger partial charge in [-0.25, -0.2) is 8.78 Å². The van der Waals surface area contributed by atoms with Gasteiger partial charge in [0.2, 0.25) is 0 Å². The van der Waals surface area contributed by atoms with E-state index in [9.17, 15) is 18.3 Å². The zero-order chi connectivity index (χ0) is 33.2. The van der Waals surface area contributed by atoms with E-state index in [-0.39, 0.29) is 70.2 Å². The summed E-state index contributed by atoms with van der Waals surface area (Å²) in [6.45, 7) is 3.60. The van der Waals surface area contributed by atoms with Gasteiger partial charge in [0.1, 0.15) is 35.2 Å². The summed E-state index contributed by atoms with van der Waals surface area (Å²) >= 11 is 0. The van der Waals surface area contributed by atoms with Crippen molar-refractivity contribution in [2.75, 3.05) is 44.6 Å². The predicted octanol–water partition coefficient (Wildman–Crippen LogP) is 6.62. The van der Waals surface area contributed by atoms with Crippen LogP contribution in [-0.2, 0) is 0 Å². The van der Waals surface area contributed by atoms with Crippen molar-refractivity contribution in [3.05, 3.63) is 59.3 Å². The van der Waals surface area contributed by atoms with E-state index in [2.05, 4.69) is 31.1 Å². The number of ether oxygens (including phenoxy) is 1. The van der Waals surface area contributed by atoms with Crippen molar-refractivity contribution in [1.82, 2.24) is 24.8 Å². The first kappa shape index (κ1) is 30.8. The lowest BCUT2D eigenvalue weighted by Gasteiger charge is -2.32. The van der Waals surface area contributed by atoms with Crippen LogP contribution in [-0.4, -0.2) is 80.3 Å². The average molecular weight is 659 g/mol. The molecule has 4 aliphatic rings. The van der Waals surface area contributed by atoms with Crippen molar-refractivity contribution in [3.8, 4) is 35.4 Å². The van der Waals surface area contributed by atoms with E-state index in [1.54, 1.807) is 0 Å². The second-order valence-electron chi connectivity index (χ2n) is 13.5. The van der Waals surface area contributed by atoms with Gasteiger partial charge in [0, 0.05) is 41.3 Å². The van der Waals surface area contributed by atoms with E-state index in [0.717, 1.165) is 45.2 Å². The molecule has 48 heavy (non-hydrogen) atoms. The van der Waals surface area contributed by atoms with Crippen LogP contribution in [0.25, 0.3) is 32.9 Å². The van der Waals surface area contributed by atoms with Crippen LogP contribution in [0.4, 0.5) is 23.4 Å². The Bertz CT molecular complexity index is 2030. The number of aromatic nitrogens is 3. The molecule has 4 aliphatic heterocycles. The lowest BCUT2D eigenvalue weighted by atomic mass is 9.94. The summed E-state index contributed by atoms with van der Waals surface area (Å²) < 4.78 is 65.0. The number of nitrogens with one attached hydrogen (secondary N) is 1. The molecule has 4 aromatic rings. The van der Waals surface area contributed by atoms with Crippen molar-refractivity contribution in [3.63, 3.8) is 0 Å². The number of anilines is 1. The quantitative estimate of drug-likeness (QED) is 0.169. The maximum atomic E-state index is 16.8. The van der Waals surface area contributed by atoms with Gasteiger partial charge in [-0.1, -0.05) is 12.0 Å². The minimum atomic E-state index is -1.65. The Labute approximate surface area is 274 Å². The average Bonchev–Trinajstić information content (AvgIpc) is 3.83. The number of benzene rings is 2. The SMILES string of the molecule is C#Cc1c(F)ccc2cc(O)cc(-c3ncc4c(NCC56CCCN5CCC6)nc(OCC56CCCN5CC(=C(F)F)C6)nc4c3F)c12. The lowest BCUT2D eigenvalue weighted by Crippen LogP contribution is -2.44. The van der Waals surface area contributed by atoms with Crippen molar-refractivity contribution in [1.29, 1.82) is 0 Å². The number of hydrogen-bond donors (Lipinski definition) is 2. The van der Waals surface area contributed by atoms with Crippen LogP contribution in [0.3, 0.4) is 0 Å². The van der Waals surface area contributed by atoms with Crippen molar-refractivity contribution >= 4 is 27.5 Å². The standard InChI is InChI=1S/C36H34F4N6O2/c1-2-24-27(37)7-6-21-14-23(47)15-25(28(21)24)30-29(38)31-26(17-41-30)33(42-19-35-8-3-11-45(35)12-4-9-35)44-34(43-31)48-20-36-10-5-13-46(36)18-22(16-36)32(39)40/h1,6-7,14-15,17,47H,3-5,8-13,16,18-20H2,(H,42,43,44). The number of phenols is 1. The molecule has 1 unspecified atom stereocenters. The van der Waals surface area contributed by atoms with E-state index in [0.29, 0.717) is 36.1 Å². The fourth-order valence-corrected chi connectivity index (χ4v) is 8.60. The Hall–Kier alpha value is -4.47. The number of rotatable bonds is 7. The Morgan fingerprint density at radius 3 is 2.52 bits per heavy atom. The number of terminal acetylenes is 1. The molecule has 4 fully saturated rings. The van der Waals surface area contributed by atoms with Crippen LogP contribution in [0.2, 0.25) is 0 Å². The second kappa shape index (κ2) is 11.6. The molecule has 0 bridgehead atoms. The first-order valence-electron chi connectivity index (χ1n) is 16.4. The Morgan fingerprint density at radius 2 is 1.77 bits per heavy atom. The maximum absolute atomic E-state index is 16.8. The smallest absolute Gasteiger partial charge is 0.319 e. The molecule has 0 saturated carbocycles. The number of halogens is 4. The third-order valence-electron chi connectivity index (χ3n) is 10.9. The summed E-state index contributed by atoms with van der Waals surface area (Å²) in [7, 11) is 0. The molecule has 8 nitrogen and oxygen atoms in total. The molecule has 1 atom stereocenters. The summed E-state index contributed by atoms with van der Waals surface area (Å²) in [5, 5.41) is 15.0. The van der Waals surface area contributed by atoms with E-state index in [1.165, 1.54) is 30.5 Å². The molecule has 2 aromatic heterocycles. The molecule has 0 amide bonds. The van der Waals surface area contributed by atoms with E-state index >= 15 is 4.39 Å². The van der Waals surface area contributed by atoms with Crippen LogP contribution in [0.5, 0.6) is 11.8 Å². The molecule has 0 spiro atoms. The molecule has 6 heterocycles. The summed E-state index contributed by atoms with van der Waals surface area (Å²) in [5.41, 5.74) is -0.759. The van der Waals surface area contributed by atoms with Gasteiger partial charge in [-0.3, -0.25) is 14.8 Å². The molecule has 4 saturated heterocycles. The molecule has 12 heteroatoms. The van der Waals surface area contributed by atoms with Gasteiger partial charge in [-0.15, -0.1) is 6.42 Å². The Balaban J connectivity index is 1.23. The van der Waals surface area contributed by atoms with Gasteiger partial charge >= 0.3 is 6.01 Å². The number of nitrogens with zero attached hydrogens (tertiary/aromatic N) is 5. The van der Waals surface area contributed by atoms with Crippen LogP contribution < -0.4 is 10.1 Å². The molecule has 2 N–H and O–H groups in total. The summed E-state index contributed by atoms with van der Waals surface area (Å²) in [4.78, 5) is 18.2. The molecular weight excluding hydrogens is 624 g/mol. The molecule has 0 radical (unpaired) electrons. The highest BCUT2D eigenvalue weighted by Gasteiger charge is 2.48. The highest BCUT2D eigenvalue weighted by molar-refractivity contribution is 6.03. The first-order chi connectivity index (χ1) is 23.2. The van der Waals surface area contributed by atoms with E-state index in [4.69, 9.17) is 11.2 Å². The first-order valence-corrected chi connectivity index (χ1v) is 16.4. The number of aromatic hydroxyl groups is 1. The van der Waals surface area contributed by atoms with Gasteiger partial charge in [-0.05, 0) is 88.2 Å². The van der Waals surface area contributed by atoms with Crippen LogP contribution in [0.1, 0.15) is 50.5 Å². The number of pyridine rings is 1. The Kier molecular flexibility index (Phi) is 7.45. The highest BCUT2D eigenvalue weighted by Crippen LogP contribution is 2.44. The number of fused-ring (bicyclic) bond motifs is 4. The zero-order valence-electron chi connectivity index (χ0n) is 26.3. The fraction of sp³-hybridized carbons (Fsp3) is 0.417. The molecule has 2 aromatic carbocycles. The monoisotopic (exact) mass is 658 g/mol. The van der Waals surface area contributed by atoms with Crippen molar-refractivity contribution < 1.29 is 27.4 Å². The fourth-order valence-electron chi connectivity index (χ4n) is 8.60. The number of hydrogen-bond acceptors (Lipinski definition) is 8. The zero-order valence-corrected chi connectivity index (χ0v) is 26.3. The highest BCUT2D eigenvalue weighted by atomic mass is 19.3. The van der Waals surface area contributed by atoms with E-state index in [1.807, 2.05) is 4.90 Å². The largest absolute Gasteiger partial charge is 0.508 e. The Morgan fingerprint density at radius 1 is 1.02 bits per heavy atom. The summed E-state index contributed by atoms with van der Waals surface area (Å²) in [5.74, 6) is 1.05. The minimum absolute atomic E-state index is 0.0211. The second-order valence-corrected chi connectivity index (χ2v) is 13.5. The lowest BCUT2D eigenvalue weighted by molar-refractivity contribution is 0.108. The predicted molar refractivity (Wildman–Crippen MR) is 174 cm³/mol. The molecule has 8 rings (SSSR count). The number of phenolic OH excluding ortho intramolecular Hbond substituents is 1. The van der Waals surface area contributed by atoms with E-state index < -0.39 is 23.3 Å². The third kappa shape index (κ3) is 4.94. The van der Waals surface area contributed by atoms with Crippen LogP contribution in [0.15, 0.2) is 42.1 Å². The van der Waals surface area contributed by atoms with Crippen molar-refractivity contribution in [2.24, 2.45) is 0 Å². The summed E-state index contributed by atoms with van der Waals surface area (Å²) in [6, 6.07) is 5.29. The normalized spacial score (nSPS) is 21.9. The minimum Gasteiger partial charge on any atom is -0.508 e. The van der Waals surface area contributed by atoms with Crippen LogP contribution >= 0.6 is 0 Å². The topological polar surface area (TPSA) is 86.6 Å². The molecular formula is C36H34F4N6O2. The maximum Gasteiger partial charge on any atom is 0.319 e. The third-order valence-corrected chi connectivity index (χ3v) is 10.9. The van der Waals surface area contributed by atoms with Crippen molar-refractivity contribution in [2.45, 2.75) is 56.0 Å². The van der Waals surface area contributed by atoms with Gasteiger partial charge in [0.25, 0.3) is 6.08 Å². The molecule has 0 aliphatic carbocycles. The molecule has 248 valence electrons.